The van der Waals surface area contributed by atoms with E-state index in [0.717, 1.165) is 34.6 Å². The van der Waals surface area contributed by atoms with Gasteiger partial charge in [-0.1, -0.05) is 18.2 Å². The fraction of sp³-hybridized carbons (Fsp3) is 0.190. The first-order chi connectivity index (χ1) is 13.2. The Hall–Kier alpha value is -2.99. The van der Waals surface area contributed by atoms with Crippen molar-refractivity contribution >= 4 is 17.0 Å². The molecule has 2 aliphatic rings. The van der Waals surface area contributed by atoms with Gasteiger partial charge in [0.2, 0.25) is 6.23 Å². The highest BCUT2D eigenvalue weighted by Gasteiger charge is 2.41. The molecule has 2 aliphatic heterocycles. The topological polar surface area (TPSA) is 54.3 Å². The van der Waals surface area contributed by atoms with Gasteiger partial charge in [-0.15, -0.1) is 0 Å². The molecule has 5 nitrogen and oxygen atoms in total. The van der Waals surface area contributed by atoms with Crippen molar-refractivity contribution in [3.05, 3.63) is 76.0 Å². The Morgan fingerprint density at radius 3 is 2.93 bits per heavy atom. The number of phenolic OH excluding ortho intramolecular Hbond substituents is 1. The zero-order valence-corrected chi connectivity index (χ0v) is 15.5. The third-order valence-corrected chi connectivity index (χ3v) is 5.74. The SMILES string of the molecule is COc1cc(C2=NN3[C@@H](C2)c2ccccc2O[C@H]3c2ccsc2)ccc1O. The van der Waals surface area contributed by atoms with Crippen LogP contribution in [0, 0.1) is 0 Å². The Labute approximate surface area is 161 Å². The molecular weight excluding hydrogens is 360 g/mol. The van der Waals surface area contributed by atoms with Gasteiger partial charge in [0.15, 0.2) is 11.5 Å². The fourth-order valence-corrected chi connectivity index (χ4v) is 4.37. The summed E-state index contributed by atoms with van der Waals surface area (Å²) < 4.78 is 11.6. The Morgan fingerprint density at radius 1 is 1.22 bits per heavy atom. The first-order valence-electron chi connectivity index (χ1n) is 8.75. The molecule has 0 bridgehead atoms. The monoisotopic (exact) mass is 378 g/mol. The zero-order chi connectivity index (χ0) is 18.4. The second kappa shape index (κ2) is 6.32. The zero-order valence-electron chi connectivity index (χ0n) is 14.7. The third kappa shape index (κ3) is 2.64. The van der Waals surface area contributed by atoms with Crippen molar-refractivity contribution in [3.63, 3.8) is 0 Å². The van der Waals surface area contributed by atoms with Crippen molar-refractivity contribution in [2.45, 2.75) is 18.7 Å². The molecular formula is C21H18N2O3S. The van der Waals surface area contributed by atoms with E-state index in [4.69, 9.17) is 14.6 Å². The molecule has 0 fully saturated rings. The number of nitrogens with zero attached hydrogens (tertiary/aromatic N) is 2. The van der Waals surface area contributed by atoms with Crippen molar-refractivity contribution in [1.82, 2.24) is 5.01 Å². The second-order valence-electron chi connectivity index (χ2n) is 6.60. The molecule has 3 aromatic rings. The van der Waals surface area contributed by atoms with Gasteiger partial charge in [0.25, 0.3) is 0 Å². The van der Waals surface area contributed by atoms with E-state index in [2.05, 4.69) is 27.9 Å². The molecule has 6 heteroatoms. The van der Waals surface area contributed by atoms with E-state index in [0.29, 0.717) is 5.75 Å². The molecule has 2 atom stereocenters. The third-order valence-electron chi connectivity index (χ3n) is 5.04. The lowest BCUT2D eigenvalue weighted by atomic mass is 9.96. The minimum atomic E-state index is -0.243. The van der Waals surface area contributed by atoms with Crippen molar-refractivity contribution in [2.75, 3.05) is 7.11 Å². The smallest absolute Gasteiger partial charge is 0.214 e. The van der Waals surface area contributed by atoms with Crippen LogP contribution in [0.2, 0.25) is 0 Å². The summed E-state index contributed by atoms with van der Waals surface area (Å²) in [5, 5.41) is 21.0. The summed E-state index contributed by atoms with van der Waals surface area (Å²) in [5.41, 5.74) is 4.15. The van der Waals surface area contributed by atoms with E-state index < -0.39 is 0 Å². The Balaban J connectivity index is 1.58. The van der Waals surface area contributed by atoms with Crippen molar-refractivity contribution < 1.29 is 14.6 Å². The van der Waals surface area contributed by atoms with Crippen molar-refractivity contribution in [1.29, 1.82) is 0 Å². The number of hydrogen-bond acceptors (Lipinski definition) is 6. The maximum atomic E-state index is 9.89. The highest BCUT2D eigenvalue weighted by atomic mass is 32.1. The van der Waals surface area contributed by atoms with Crippen LogP contribution in [0.25, 0.3) is 0 Å². The number of phenols is 1. The maximum absolute atomic E-state index is 9.89. The molecule has 5 rings (SSSR count). The van der Waals surface area contributed by atoms with Gasteiger partial charge in [-0.05, 0) is 41.1 Å². The largest absolute Gasteiger partial charge is 0.504 e. The predicted octanol–water partition coefficient (Wildman–Crippen LogP) is 4.70. The number of thiophene rings is 1. The Kier molecular flexibility index (Phi) is 3.79. The lowest BCUT2D eigenvalue weighted by Gasteiger charge is -2.37. The van der Waals surface area contributed by atoms with E-state index in [1.165, 1.54) is 0 Å². The fourth-order valence-electron chi connectivity index (χ4n) is 3.70. The van der Waals surface area contributed by atoms with Gasteiger partial charge >= 0.3 is 0 Å². The lowest BCUT2D eigenvalue weighted by molar-refractivity contribution is -0.0187. The van der Waals surface area contributed by atoms with E-state index in [1.54, 1.807) is 24.5 Å². The number of ether oxygens (including phenoxy) is 2. The average Bonchev–Trinajstić information content (AvgIpc) is 3.38. The highest BCUT2D eigenvalue weighted by Crippen LogP contribution is 2.47. The van der Waals surface area contributed by atoms with Crippen LogP contribution in [-0.2, 0) is 0 Å². The normalized spacial score (nSPS) is 20.5. The maximum Gasteiger partial charge on any atom is 0.214 e. The van der Waals surface area contributed by atoms with Gasteiger partial charge in [0, 0.05) is 23.1 Å². The number of methoxy groups -OCH3 is 1. The lowest BCUT2D eigenvalue weighted by Crippen LogP contribution is -2.33. The van der Waals surface area contributed by atoms with Crippen LogP contribution in [0.4, 0.5) is 0 Å². The summed E-state index contributed by atoms with van der Waals surface area (Å²) in [5.74, 6) is 1.49. The van der Waals surface area contributed by atoms with Crippen LogP contribution in [0.15, 0.2) is 64.4 Å². The summed E-state index contributed by atoms with van der Waals surface area (Å²) in [6, 6.07) is 15.7. The average molecular weight is 378 g/mol. The number of fused-ring (bicyclic) bond motifs is 3. The van der Waals surface area contributed by atoms with Crippen LogP contribution in [0.3, 0.4) is 0 Å². The van der Waals surface area contributed by atoms with Gasteiger partial charge in [0.05, 0.1) is 18.9 Å². The molecule has 1 aromatic heterocycles. The predicted molar refractivity (Wildman–Crippen MR) is 105 cm³/mol. The summed E-state index contributed by atoms with van der Waals surface area (Å²) in [6.45, 7) is 0. The minimum absolute atomic E-state index is 0.120. The second-order valence-corrected chi connectivity index (χ2v) is 7.38. The minimum Gasteiger partial charge on any atom is -0.504 e. The van der Waals surface area contributed by atoms with Gasteiger partial charge < -0.3 is 14.6 Å². The molecule has 0 radical (unpaired) electrons. The summed E-state index contributed by atoms with van der Waals surface area (Å²) >= 11 is 1.65. The van der Waals surface area contributed by atoms with E-state index >= 15 is 0 Å². The van der Waals surface area contributed by atoms with Gasteiger partial charge in [-0.25, -0.2) is 5.01 Å². The van der Waals surface area contributed by atoms with Crippen LogP contribution >= 0.6 is 11.3 Å². The summed E-state index contributed by atoms with van der Waals surface area (Å²) in [6.07, 6.45) is 0.530. The molecule has 0 spiro atoms. The van der Waals surface area contributed by atoms with Crippen LogP contribution in [-0.4, -0.2) is 22.9 Å². The number of rotatable bonds is 3. The molecule has 3 heterocycles. The molecule has 27 heavy (non-hydrogen) atoms. The van der Waals surface area contributed by atoms with Crippen molar-refractivity contribution in [3.8, 4) is 17.2 Å². The molecule has 0 saturated heterocycles. The summed E-state index contributed by atoms with van der Waals surface area (Å²) in [7, 11) is 1.55. The molecule has 0 unspecified atom stereocenters. The van der Waals surface area contributed by atoms with Gasteiger partial charge in [-0.2, -0.15) is 16.4 Å². The quantitative estimate of drug-likeness (QED) is 0.717. The highest BCUT2D eigenvalue weighted by molar-refractivity contribution is 7.07. The van der Waals surface area contributed by atoms with E-state index in [-0.39, 0.29) is 18.0 Å². The standard InChI is InChI=1S/C21H18N2O3S/c1-25-20-10-13(6-7-18(20)24)16-11-17-15-4-2-3-5-19(15)26-21(23(17)22-16)14-8-9-27-12-14/h2-10,12,17,21,24H,11H2,1H3/t17-,21-/m0/s1. The number of benzene rings is 2. The van der Waals surface area contributed by atoms with E-state index in [9.17, 15) is 5.11 Å². The van der Waals surface area contributed by atoms with Crippen LogP contribution < -0.4 is 9.47 Å². The Morgan fingerprint density at radius 2 is 2.11 bits per heavy atom. The molecule has 136 valence electrons. The Bertz CT molecular complexity index is 1020. The van der Waals surface area contributed by atoms with E-state index in [1.807, 2.05) is 30.3 Å². The molecule has 0 saturated carbocycles. The first-order valence-corrected chi connectivity index (χ1v) is 9.70. The summed E-state index contributed by atoms with van der Waals surface area (Å²) in [4.78, 5) is 0. The first kappa shape index (κ1) is 16.2. The number of hydrogen-bond donors (Lipinski definition) is 1. The molecule has 1 N–H and O–H groups in total. The van der Waals surface area contributed by atoms with Crippen LogP contribution in [0.1, 0.15) is 35.4 Å². The molecule has 0 aliphatic carbocycles. The van der Waals surface area contributed by atoms with Gasteiger partial charge in [0.1, 0.15) is 5.75 Å². The van der Waals surface area contributed by atoms with Crippen molar-refractivity contribution in [2.24, 2.45) is 5.10 Å². The number of para-hydroxylation sites is 1. The van der Waals surface area contributed by atoms with Gasteiger partial charge in [-0.3, -0.25) is 0 Å². The number of hydrazone groups is 1. The van der Waals surface area contributed by atoms with Crippen LogP contribution in [0.5, 0.6) is 17.2 Å². The molecule has 0 amide bonds. The number of aromatic hydroxyl groups is 1. The molecule has 2 aromatic carbocycles.